The van der Waals surface area contributed by atoms with Crippen LogP contribution in [0.2, 0.25) is 0 Å². The summed E-state index contributed by atoms with van der Waals surface area (Å²) in [7, 11) is 0. The number of fused-ring (bicyclic) bond motifs is 4. The molecule has 0 spiro atoms. The number of nitrogens with one attached hydrogen (secondary N) is 2. The van der Waals surface area contributed by atoms with Crippen molar-refractivity contribution in [2.45, 2.75) is 40.0 Å². The van der Waals surface area contributed by atoms with Crippen LogP contribution in [0.4, 0.5) is 5.69 Å². The third-order valence-corrected chi connectivity index (χ3v) is 6.51. The number of anilines is 1. The number of nitrogens with zero attached hydrogens (tertiary/aromatic N) is 1. The summed E-state index contributed by atoms with van der Waals surface area (Å²) in [6, 6.07) is 15.4. The number of hydrogen-bond acceptors (Lipinski definition) is 3. The van der Waals surface area contributed by atoms with Gasteiger partial charge in [-0.3, -0.25) is 9.59 Å². The van der Waals surface area contributed by atoms with Crippen LogP contribution in [-0.4, -0.2) is 23.1 Å². The van der Waals surface area contributed by atoms with Crippen LogP contribution in [0.1, 0.15) is 39.2 Å². The minimum Gasteiger partial charge on any atom is -0.369 e. The molecule has 5 nitrogen and oxygen atoms in total. The molecule has 5 rings (SSSR count). The number of rotatable bonds is 6. The van der Waals surface area contributed by atoms with Crippen LogP contribution in [0, 0.1) is 0 Å². The number of aromatic nitrogens is 2. The summed E-state index contributed by atoms with van der Waals surface area (Å²) in [4.78, 5) is 36.7. The Morgan fingerprint density at radius 1 is 0.727 bits per heavy atom. The molecule has 0 fully saturated rings. The molecular weight excluding hydrogens is 410 g/mol. The summed E-state index contributed by atoms with van der Waals surface area (Å²) >= 11 is 0. The van der Waals surface area contributed by atoms with Crippen molar-refractivity contribution in [2.75, 3.05) is 18.0 Å². The van der Waals surface area contributed by atoms with Crippen molar-refractivity contribution in [1.82, 2.24) is 9.97 Å². The van der Waals surface area contributed by atoms with Gasteiger partial charge in [0, 0.05) is 29.4 Å². The predicted octanol–water partition coefficient (Wildman–Crippen LogP) is 5.86. The fourth-order valence-electron chi connectivity index (χ4n) is 4.96. The lowest BCUT2D eigenvalue weighted by Gasteiger charge is -2.27. The molecule has 168 valence electrons. The second-order valence-corrected chi connectivity index (χ2v) is 8.74. The van der Waals surface area contributed by atoms with E-state index in [1.807, 2.05) is 42.5 Å². The Kier molecular flexibility index (Phi) is 5.41. The quantitative estimate of drug-likeness (QED) is 0.325. The van der Waals surface area contributed by atoms with Crippen LogP contribution in [0.3, 0.4) is 0 Å². The zero-order chi connectivity index (χ0) is 23.1. The first kappa shape index (κ1) is 21.3. The number of pyridine rings is 2. The zero-order valence-corrected chi connectivity index (χ0v) is 19.4. The monoisotopic (exact) mass is 439 g/mol. The molecule has 0 atom stereocenters. The van der Waals surface area contributed by atoms with Crippen LogP contribution in [0.5, 0.6) is 0 Å². The van der Waals surface area contributed by atoms with Gasteiger partial charge in [0.1, 0.15) is 0 Å². The average Bonchev–Trinajstić information content (AvgIpc) is 2.83. The van der Waals surface area contributed by atoms with Crippen LogP contribution >= 0.6 is 0 Å². The number of benzene rings is 3. The average molecular weight is 440 g/mol. The van der Waals surface area contributed by atoms with E-state index in [4.69, 9.17) is 0 Å². The van der Waals surface area contributed by atoms with E-state index in [2.05, 4.69) is 41.7 Å². The maximum Gasteiger partial charge on any atom is 0.199 e. The van der Waals surface area contributed by atoms with Gasteiger partial charge in [-0.2, -0.15) is 0 Å². The van der Waals surface area contributed by atoms with Gasteiger partial charge in [-0.15, -0.1) is 0 Å². The molecule has 2 heterocycles. The molecule has 3 aromatic carbocycles. The first-order valence-electron chi connectivity index (χ1n) is 11.9. The minimum atomic E-state index is -0.00786. The van der Waals surface area contributed by atoms with E-state index in [0.717, 1.165) is 54.6 Å². The Hall–Kier alpha value is -3.60. The fourth-order valence-corrected chi connectivity index (χ4v) is 4.96. The molecular formula is C28H29N3O2. The van der Waals surface area contributed by atoms with Gasteiger partial charge in [0.15, 0.2) is 10.9 Å². The molecule has 0 amide bonds. The van der Waals surface area contributed by atoms with Gasteiger partial charge in [0.2, 0.25) is 0 Å². The Bertz CT molecular complexity index is 1620. The highest BCUT2D eigenvalue weighted by Crippen LogP contribution is 2.33. The predicted molar refractivity (Wildman–Crippen MR) is 140 cm³/mol. The first-order chi connectivity index (χ1) is 16.1. The van der Waals surface area contributed by atoms with E-state index in [9.17, 15) is 9.59 Å². The summed E-state index contributed by atoms with van der Waals surface area (Å²) in [5.74, 6) is 0. The molecule has 0 saturated heterocycles. The summed E-state index contributed by atoms with van der Waals surface area (Å²) in [5, 5.41) is 2.59. The minimum absolute atomic E-state index is 0.00305. The van der Waals surface area contributed by atoms with E-state index in [1.54, 1.807) is 0 Å². The number of hydrogen-bond donors (Lipinski definition) is 2. The van der Waals surface area contributed by atoms with Crippen molar-refractivity contribution in [2.24, 2.45) is 0 Å². The molecule has 5 aromatic rings. The van der Waals surface area contributed by atoms with E-state index in [-0.39, 0.29) is 10.9 Å². The molecule has 2 N–H and O–H groups in total. The molecule has 2 aromatic heterocycles. The number of aryl methyl sites for hydroxylation is 1. The van der Waals surface area contributed by atoms with Gasteiger partial charge in [-0.1, -0.05) is 39.0 Å². The zero-order valence-electron chi connectivity index (χ0n) is 19.4. The highest BCUT2D eigenvalue weighted by Gasteiger charge is 2.21. The van der Waals surface area contributed by atoms with Crippen LogP contribution in [-0.2, 0) is 6.42 Å². The van der Waals surface area contributed by atoms with E-state index < -0.39 is 0 Å². The van der Waals surface area contributed by atoms with Crippen molar-refractivity contribution in [3.63, 3.8) is 0 Å². The highest BCUT2D eigenvalue weighted by atomic mass is 16.1. The van der Waals surface area contributed by atoms with Crippen molar-refractivity contribution < 1.29 is 0 Å². The molecule has 33 heavy (non-hydrogen) atoms. The fraction of sp³-hybridized carbons (Fsp3) is 0.286. The van der Waals surface area contributed by atoms with Crippen molar-refractivity contribution in [3.8, 4) is 0 Å². The molecule has 0 saturated carbocycles. The van der Waals surface area contributed by atoms with Gasteiger partial charge >= 0.3 is 0 Å². The van der Waals surface area contributed by atoms with Gasteiger partial charge in [-0.05, 0) is 55.2 Å². The Morgan fingerprint density at radius 2 is 1.45 bits per heavy atom. The van der Waals surface area contributed by atoms with E-state index in [1.165, 1.54) is 5.56 Å². The number of aromatic amines is 2. The summed E-state index contributed by atoms with van der Waals surface area (Å²) in [6.45, 7) is 8.00. The van der Waals surface area contributed by atoms with Crippen LogP contribution < -0.4 is 15.8 Å². The van der Waals surface area contributed by atoms with E-state index >= 15 is 0 Å². The highest BCUT2D eigenvalue weighted by molar-refractivity contribution is 6.13. The lowest BCUT2D eigenvalue weighted by molar-refractivity contribution is 0.749. The van der Waals surface area contributed by atoms with E-state index in [0.29, 0.717) is 27.1 Å². The van der Waals surface area contributed by atoms with Gasteiger partial charge < -0.3 is 14.9 Å². The van der Waals surface area contributed by atoms with Gasteiger partial charge in [0.05, 0.1) is 33.0 Å². The van der Waals surface area contributed by atoms with Crippen LogP contribution in [0.15, 0.2) is 58.1 Å². The molecule has 0 aliphatic rings. The third kappa shape index (κ3) is 3.39. The molecule has 5 heteroatoms. The van der Waals surface area contributed by atoms with Gasteiger partial charge in [0.25, 0.3) is 0 Å². The van der Waals surface area contributed by atoms with Crippen molar-refractivity contribution in [1.29, 1.82) is 0 Å². The maximum atomic E-state index is 13.8. The lowest BCUT2D eigenvalue weighted by Crippen LogP contribution is -2.27. The van der Waals surface area contributed by atoms with Crippen molar-refractivity contribution >= 4 is 49.3 Å². The Morgan fingerprint density at radius 3 is 2.18 bits per heavy atom. The third-order valence-electron chi connectivity index (χ3n) is 6.51. The molecule has 0 radical (unpaired) electrons. The standard InChI is InChI=1S/C28H29N3O2/c1-4-13-31(14-5-2)26-24-23(29-21-10-8-7-9-18(21)28(24)33)16-20-25(26)30-22-15-17(6-3)11-12-19(22)27(20)32/h7-12,15-16H,4-6,13-14H2,1-3H3,(H,29,33)(H,30,32). The second kappa shape index (κ2) is 8.39. The van der Waals surface area contributed by atoms with Crippen LogP contribution in [0.25, 0.3) is 43.6 Å². The maximum absolute atomic E-state index is 13.8. The number of H-pyrrole nitrogens is 2. The molecule has 0 aliphatic heterocycles. The summed E-state index contributed by atoms with van der Waals surface area (Å²) in [6.07, 6.45) is 2.78. The topological polar surface area (TPSA) is 69.0 Å². The lowest BCUT2D eigenvalue weighted by atomic mass is 10.0. The van der Waals surface area contributed by atoms with Gasteiger partial charge in [-0.25, -0.2) is 0 Å². The Balaban J connectivity index is 2.03. The summed E-state index contributed by atoms with van der Waals surface area (Å²) in [5.41, 5.74) is 5.04. The number of para-hydroxylation sites is 1. The Labute approximate surface area is 192 Å². The normalized spacial score (nSPS) is 11.7. The molecule has 0 bridgehead atoms. The molecule has 0 unspecified atom stereocenters. The smallest absolute Gasteiger partial charge is 0.199 e. The largest absolute Gasteiger partial charge is 0.369 e. The van der Waals surface area contributed by atoms with Crippen molar-refractivity contribution in [3.05, 3.63) is 74.5 Å². The summed E-state index contributed by atoms with van der Waals surface area (Å²) < 4.78 is 0. The second-order valence-electron chi connectivity index (χ2n) is 8.74. The molecule has 0 aliphatic carbocycles. The first-order valence-corrected chi connectivity index (χ1v) is 11.9. The SMILES string of the molecule is CCCN(CCC)c1c2[nH]c3cc(CC)ccc3c(=O)c2cc2[nH]c3ccccc3c(=O)c12.